The maximum Gasteiger partial charge on any atom is 0.325 e. The number of amides is 2. The first-order valence-electron chi connectivity index (χ1n) is 8.71. The Morgan fingerprint density at radius 3 is 2.59 bits per heavy atom. The van der Waals surface area contributed by atoms with Gasteiger partial charge in [-0.15, -0.1) is 11.3 Å². The lowest BCUT2D eigenvalue weighted by atomic mass is 10.2. The summed E-state index contributed by atoms with van der Waals surface area (Å²) in [5.41, 5.74) is 1.48. The number of rotatable bonds is 7. The normalized spacial score (nSPS) is 10.4. The highest BCUT2D eigenvalue weighted by atomic mass is 32.1. The van der Waals surface area contributed by atoms with Crippen molar-refractivity contribution in [3.8, 4) is 10.8 Å². The number of nitrogens with one attached hydrogen (secondary N) is 2. The number of oxazole rings is 1. The molecule has 0 saturated heterocycles. The fourth-order valence-electron chi connectivity index (χ4n) is 2.49. The van der Waals surface area contributed by atoms with Gasteiger partial charge in [0.1, 0.15) is 12.3 Å². The molecule has 2 N–H and O–H groups in total. The lowest BCUT2D eigenvalue weighted by Crippen LogP contribution is -2.30. The van der Waals surface area contributed by atoms with Crippen molar-refractivity contribution in [3.05, 3.63) is 58.8 Å². The summed E-state index contributed by atoms with van der Waals surface area (Å²) in [7, 11) is 1.25. The van der Waals surface area contributed by atoms with Crippen LogP contribution in [0.3, 0.4) is 0 Å². The molecule has 9 heteroatoms. The number of hydrogen-bond acceptors (Lipinski definition) is 7. The van der Waals surface area contributed by atoms with E-state index in [-0.39, 0.29) is 18.9 Å². The van der Waals surface area contributed by atoms with Crippen LogP contribution in [-0.2, 0) is 20.7 Å². The molecule has 0 fully saturated rings. The summed E-state index contributed by atoms with van der Waals surface area (Å²) in [6.45, 7) is 1.56. The van der Waals surface area contributed by atoms with Crippen molar-refractivity contribution < 1.29 is 23.5 Å². The van der Waals surface area contributed by atoms with Crippen LogP contribution in [0.4, 0.5) is 5.69 Å². The van der Waals surface area contributed by atoms with E-state index in [1.54, 1.807) is 31.2 Å². The van der Waals surface area contributed by atoms with E-state index < -0.39 is 11.9 Å². The Balaban J connectivity index is 1.57. The Labute approximate surface area is 170 Å². The Hall–Kier alpha value is -3.46. The number of anilines is 1. The molecule has 150 valence electrons. The number of carbonyl (C=O) groups is 3. The van der Waals surface area contributed by atoms with Gasteiger partial charge in [0.05, 0.1) is 24.1 Å². The number of carbonyl (C=O) groups excluding carboxylic acids is 3. The van der Waals surface area contributed by atoms with Gasteiger partial charge in [-0.05, 0) is 42.6 Å². The van der Waals surface area contributed by atoms with Crippen LogP contribution in [0.5, 0.6) is 0 Å². The lowest BCUT2D eigenvalue weighted by Gasteiger charge is -2.07. The average Bonchev–Trinajstić information content (AvgIpc) is 3.36. The van der Waals surface area contributed by atoms with E-state index in [0.29, 0.717) is 28.6 Å². The summed E-state index contributed by atoms with van der Waals surface area (Å²) in [6.07, 6.45) is 0.0715. The smallest absolute Gasteiger partial charge is 0.325 e. The van der Waals surface area contributed by atoms with Gasteiger partial charge in [0, 0.05) is 11.3 Å². The largest absolute Gasteiger partial charge is 0.468 e. The van der Waals surface area contributed by atoms with Gasteiger partial charge in [-0.1, -0.05) is 6.07 Å². The fraction of sp³-hybridized carbons (Fsp3) is 0.200. The van der Waals surface area contributed by atoms with Crippen LogP contribution in [0.2, 0.25) is 0 Å². The summed E-state index contributed by atoms with van der Waals surface area (Å²) in [5.74, 6) is -0.0916. The SMILES string of the molecule is COC(=O)CNC(=O)c1ccc(NC(=O)Cc2nc(-c3cccs3)oc2C)cc1. The Morgan fingerprint density at radius 2 is 1.93 bits per heavy atom. The molecule has 0 saturated carbocycles. The molecule has 0 spiro atoms. The second-order valence-corrected chi connectivity index (χ2v) is 7.01. The number of nitrogens with zero attached hydrogens (tertiary/aromatic N) is 1. The molecular formula is C20H19N3O5S. The second-order valence-electron chi connectivity index (χ2n) is 6.06. The van der Waals surface area contributed by atoms with Crippen molar-refractivity contribution in [3.63, 3.8) is 0 Å². The molecular weight excluding hydrogens is 394 g/mol. The molecule has 3 aromatic rings. The minimum atomic E-state index is -0.535. The molecule has 0 bridgehead atoms. The van der Waals surface area contributed by atoms with Crippen LogP contribution < -0.4 is 10.6 Å². The predicted molar refractivity (Wildman–Crippen MR) is 108 cm³/mol. The molecule has 2 heterocycles. The van der Waals surface area contributed by atoms with Crippen molar-refractivity contribution in [2.24, 2.45) is 0 Å². The number of hydrogen-bond donors (Lipinski definition) is 2. The van der Waals surface area contributed by atoms with Crippen LogP contribution in [0.25, 0.3) is 10.8 Å². The third-order valence-electron chi connectivity index (χ3n) is 4.00. The average molecular weight is 413 g/mol. The first-order valence-corrected chi connectivity index (χ1v) is 9.59. The van der Waals surface area contributed by atoms with Gasteiger partial charge in [-0.2, -0.15) is 0 Å². The Bertz CT molecular complexity index is 1010. The molecule has 0 unspecified atom stereocenters. The molecule has 0 atom stereocenters. The lowest BCUT2D eigenvalue weighted by molar-refractivity contribution is -0.139. The highest BCUT2D eigenvalue weighted by Gasteiger charge is 2.15. The van der Waals surface area contributed by atoms with E-state index in [0.717, 1.165) is 4.88 Å². The van der Waals surface area contributed by atoms with E-state index >= 15 is 0 Å². The summed E-state index contributed by atoms with van der Waals surface area (Å²) in [4.78, 5) is 40.7. The number of esters is 1. The molecule has 0 aliphatic carbocycles. The van der Waals surface area contributed by atoms with Crippen molar-refractivity contribution >= 4 is 34.8 Å². The van der Waals surface area contributed by atoms with E-state index in [1.165, 1.54) is 18.4 Å². The van der Waals surface area contributed by atoms with Gasteiger partial charge in [0.15, 0.2) is 0 Å². The number of aromatic nitrogens is 1. The van der Waals surface area contributed by atoms with Crippen molar-refractivity contribution in [2.45, 2.75) is 13.3 Å². The van der Waals surface area contributed by atoms with E-state index in [9.17, 15) is 14.4 Å². The maximum absolute atomic E-state index is 12.3. The molecule has 0 aliphatic heterocycles. The molecule has 0 radical (unpaired) electrons. The van der Waals surface area contributed by atoms with Crippen molar-refractivity contribution in [1.82, 2.24) is 10.3 Å². The highest BCUT2D eigenvalue weighted by Crippen LogP contribution is 2.26. The molecule has 3 rings (SSSR count). The Morgan fingerprint density at radius 1 is 1.17 bits per heavy atom. The monoisotopic (exact) mass is 413 g/mol. The van der Waals surface area contributed by atoms with Gasteiger partial charge in [-0.25, -0.2) is 4.98 Å². The molecule has 1 aromatic carbocycles. The summed E-state index contributed by atoms with van der Waals surface area (Å²) in [6, 6.07) is 10.1. The van der Waals surface area contributed by atoms with Crippen LogP contribution in [0, 0.1) is 6.92 Å². The standard InChI is InChI=1S/C20H19N3O5S/c1-12-15(23-20(28-12)16-4-3-9-29-16)10-17(24)22-14-7-5-13(6-8-14)19(26)21-11-18(25)27-2/h3-9H,10-11H2,1-2H3,(H,21,26)(H,22,24). The molecule has 0 aliphatic rings. The van der Waals surface area contributed by atoms with Crippen LogP contribution in [0.1, 0.15) is 21.8 Å². The van der Waals surface area contributed by atoms with E-state index in [1.807, 2.05) is 17.5 Å². The predicted octanol–water partition coefficient (Wildman–Crippen LogP) is 2.80. The zero-order valence-corrected chi connectivity index (χ0v) is 16.7. The second kappa shape index (κ2) is 9.16. The topological polar surface area (TPSA) is 111 Å². The first-order chi connectivity index (χ1) is 14.0. The van der Waals surface area contributed by atoms with Gasteiger partial charge in [0.25, 0.3) is 5.91 Å². The minimum Gasteiger partial charge on any atom is -0.468 e. The van der Waals surface area contributed by atoms with Crippen LogP contribution >= 0.6 is 11.3 Å². The third kappa shape index (κ3) is 5.29. The number of methoxy groups -OCH3 is 1. The summed E-state index contributed by atoms with van der Waals surface area (Å²) < 4.78 is 10.1. The first kappa shape index (κ1) is 20.3. The third-order valence-corrected chi connectivity index (χ3v) is 4.86. The number of ether oxygens (including phenoxy) is 1. The molecule has 29 heavy (non-hydrogen) atoms. The van der Waals surface area contributed by atoms with Gasteiger partial charge >= 0.3 is 5.97 Å². The number of benzene rings is 1. The summed E-state index contributed by atoms with van der Waals surface area (Å²) >= 11 is 1.51. The maximum atomic E-state index is 12.3. The minimum absolute atomic E-state index is 0.0715. The van der Waals surface area contributed by atoms with Crippen molar-refractivity contribution in [1.29, 1.82) is 0 Å². The van der Waals surface area contributed by atoms with Gasteiger partial charge < -0.3 is 19.8 Å². The van der Waals surface area contributed by atoms with Gasteiger partial charge in [-0.3, -0.25) is 14.4 Å². The molecule has 2 aromatic heterocycles. The van der Waals surface area contributed by atoms with E-state index in [2.05, 4.69) is 20.4 Å². The zero-order chi connectivity index (χ0) is 20.8. The van der Waals surface area contributed by atoms with Gasteiger partial charge in [0.2, 0.25) is 11.8 Å². The van der Waals surface area contributed by atoms with Crippen LogP contribution in [-0.4, -0.2) is 36.4 Å². The quantitative estimate of drug-likeness (QED) is 0.576. The van der Waals surface area contributed by atoms with Crippen LogP contribution in [0.15, 0.2) is 46.2 Å². The zero-order valence-electron chi connectivity index (χ0n) is 15.9. The molecule has 2 amide bonds. The number of thiophene rings is 1. The van der Waals surface area contributed by atoms with Crippen molar-refractivity contribution in [2.75, 3.05) is 19.0 Å². The highest BCUT2D eigenvalue weighted by molar-refractivity contribution is 7.13. The summed E-state index contributed by atoms with van der Waals surface area (Å²) in [5, 5.41) is 7.14. The number of aryl methyl sites for hydroxylation is 1. The fourth-order valence-corrected chi connectivity index (χ4v) is 3.14. The van der Waals surface area contributed by atoms with E-state index in [4.69, 9.17) is 4.42 Å². The Kier molecular flexibility index (Phi) is 6.40. The molecule has 8 nitrogen and oxygen atoms in total.